The Labute approximate surface area is 100.0 Å². The van der Waals surface area contributed by atoms with E-state index >= 15 is 0 Å². The van der Waals surface area contributed by atoms with Gasteiger partial charge in [-0.1, -0.05) is 25.7 Å². The summed E-state index contributed by atoms with van der Waals surface area (Å²) in [5.74, 6) is 0. The molecule has 0 radical (unpaired) electrons. The first-order chi connectivity index (χ1) is 7.71. The molecule has 0 aromatic carbocycles. The SMILES string of the molecule is O=P(O)(O)C(=NC1CCCCCC1)[P+](O)(O)O. The Hall–Kier alpha value is 0.130. The van der Waals surface area contributed by atoms with Crippen molar-refractivity contribution < 1.29 is 29.0 Å². The van der Waals surface area contributed by atoms with Gasteiger partial charge in [-0.2, -0.15) is 14.7 Å². The summed E-state index contributed by atoms with van der Waals surface area (Å²) in [5, 5.41) is -1.16. The highest BCUT2D eigenvalue weighted by atomic mass is 31.3. The van der Waals surface area contributed by atoms with Gasteiger partial charge in [-0.15, -0.1) is 0 Å². The molecule has 100 valence electrons. The minimum absolute atomic E-state index is 0.356. The molecule has 0 aromatic rings. The van der Waals surface area contributed by atoms with E-state index in [1.807, 2.05) is 0 Å². The molecule has 0 atom stereocenters. The van der Waals surface area contributed by atoms with E-state index in [2.05, 4.69) is 4.99 Å². The highest BCUT2D eigenvalue weighted by Crippen LogP contribution is 2.60. The summed E-state index contributed by atoms with van der Waals surface area (Å²) in [6.45, 7) is 0. The molecular formula is C8H18NO6P2+. The summed E-state index contributed by atoms with van der Waals surface area (Å²) in [4.78, 5) is 48.6. The van der Waals surface area contributed by atoms with E-state index in [1.165, 1.54) is 0 Å². The molecule has 0 aliphatic heterocycles. The van der Waals surface area contributed by atoms with Crippen LogP contribution < -0.4 is 0 Å². The van der Waals surface area contributed by atoms with E-state index in [0.717, 1.165) is 25.7 Å². The van der Waals surface area contributed by atoms with Crippen molar-refractivity contribution in [3.05, 3.63) is 0 Å². The van der Waals surface area contributed by atoms with E-state index in [9.17, 15) is 4.57 Å². The van der Waals surface area contributed by atoms with E-state index in [4.69, 9.17) is 24.5 Å². The van der Waals surface area contributed by atoms with Gasteiger partial charge < -0.3 is 9.79 Å². The van der Waals surface area contributed by atoms with Crippen LogP contribution in [0.3, 0.4) is 0 Å². The zero-order valence-electron chi connectivity index (χ0n) is 9.31. The highest BCUT2D eigenvalue weighted by Gasteiger charge is 2.52. The summed E-state index contributed by atoms with van der Waals surface area (Å²) >= 11 is 0. The largest absolute Gasteiger partial charge is 0.469 e. The molecule has 1 saturated carbocycles. The second kappa shape index (κ2) is 5.85. The average Bonchev–Trinajstić information content (AvgIpc) is 2.38. The number of nitrogens with zero attached hydrogens (tertiary/aromatic N) is 1. The lowest BCUT2D eigenvalue weighted by Gasteiger charge is -2.12. The Bertz CT molecular complexity index is 325. The van der Waals surface area contributed by atoms with Gasteiger partial charge in [0.05, 0.1) is 6.04 Å². The fraction of sp³-hybridized carbons (Fsp3) is 0.875. The highest BCUT2D eigenvalue weighted by molar-refractivity contribution is 8.00. The molecule has 0 spiro atoms. The molecule has 0 bridgehead atoms. The monoisotopic (exact) mass is 286 g/mol. The molecule has 9 heteroatoms. The molecule has 0 heterocycles. The molecule has 1 aliphatic carbocycles. The van der Waals surface area contributed by atoms with Gasteiger partial charge in [0.25, 0.3) is 0 Å². The first kappa shape index (κ1) is 15.2. The van der Waals surface area contributed by atoms with Crippen LogP contribution in [0.4, 0.5) is 0 Å². The maximum atomic E-state index is 11.0. The van der Waals surface area contributed by atoms with Gasteiger partial charge in [0.1, 0.15) is 0 Å². The molecule has 17 heavy (non-hydrogen) atoms. The van der Waals surface area contributed by atoms with Crippen molar-refractivity contribution in [1.29, 1.82) is 0 Å². The van der Waals surface area contributed by atoms with Gasteiger partial charge in [-0.3, -0.25) is 0 Å². The molecule has 0 aromatic heterocycles. The third kappa shape index (κ3) is 5.10. The quantitative estimate of drug-likeness (QED) is 0.298. The maximum Gasteiger partial charge on any atom is 0.469 e. The van der Waals surface area contributed by atoms with Crippen LogP contribution in [-0.2, 0) is 4.57 Å². The van der Waals surface area contributed by atoms with Crippen LogP contribution in [-0.4, -0.2) is 35.7 Å². The number of aliphatic imine (C=N–C) groups is 1. The second-order valence-electron chi connectivity index (χ2n) is 4.19. The lowest BCUT2D eigenvalue weighted by molar-refractivity contribution is 0.348. The van der Waals surface area contributed by atoms with E-state index in [1.54, 1.807) is 0 Å². The van der Waals surface area contributed by atoms with Crippen LogP contribution >= 0.6 is 15.5 Å². The lowest BCUT2D eigenvalue weighted by atomic mass is 10.1. The van der Waals surface area contributed by atoms with Gasteiger partial charge in [0.15, 0.2) is 0 Å². The fourth-order valence-corrected chi connectivity index (χ4v) is 3.91. The van der Waals surface area contributed by atoms with E-state index < -0.39 is 20.7 Å². The van der Waals surface area contributed by atoms with Crippen LogP contribution in [0.5, 0.6) is 0 Å². The molecule has 0 unspecified atom stereocenters. The summed E-state index contributed by atoms with van der Waals surface area (Å²) in [7, 11) is -9.67. The maximum absolute atomic E-state index is 11.0. The number of hydrogen-bond donors (Lipinski definition) is 5. The molecule has 1 aliphatic rings. The summed E-state index contributed by atoms with van der Waals surface area (Å²) in [6.07, 6.45) is 5.13. The van der Waals surface area contributed by atoms with Crippen molar-refractivity contribution in [2.75, 3.05) is 0 Å². The molecule has 7 nitrogen and oxygen atoms in total. The summed E-state index contributed by atoms with van der Waals surface area (Å²) < 4.78 is 11.0. The Morgan fingerprint density at radius 3 is 1.88 bits per heavy atom. The van der Waals surface area contributed by atoms with Crippen molar-refractivity contribution in [2.45, 2.75) is 44.6 Å². The standard InChI is InChI=1S/C8H17NO6P2/c10-16(11,12)8(17(13,14)15)9-7-5-3-1-2-4-6-7/h7,10-12H,1-6H2,(H-,13,14,15)/p+1. The molecule has 1 fully saturated rings. The third-order valence-electron chi connectivity index (χ3n) is 2.65. The minimum Gasteiger partial charge on any atom is -0.317 e. The molecule has 5 N–H and O–H groups in total. The predicted molar refractivity (Wildman–Crippen MR) is 64.5 cm³/mol. The zero-order chi connectivity index (χ0) is 13.1. The Balaban J connectivity index is 2.93. The van der Waals surface area contributed by atoms with Crippen molar-refractivity contribution in [2.24, 2.45) is 4.99 Å². The normalized spacial score (nSPS) is 21.4. The van der Waals surface area contributed by atoms with Crippen molar-refractivity contribution in [3.8, 4) is 0 Å². The van der Waals surface area contributed by atoms with Crippen LogP contribution in [0.15, 0.2) is 4.99 Å². The zero-order valence-corrected chi connectivity index (χ0v) is 11.1. The predicted octanol–water partition coefficient (Wildman–Crippen LogP) is 0.982. The van der Waals surface area contributed by atoms with E-state index in [-0.39, 0.29) is 6.04 Å². The van der Waals surface area contributed by atoms with Gasteiger partial charge in [-0.25, -0.2) is 9.56 Å². The topological polar surface area (TPSA) is 131 Å². The molecular weight excluding hydrogens is 268 g/mol. The third-order valence-corrected chi connectivity index (χ3v) is 5.53. The van der Waals surface area contributed by atoms with Gasteiger partial charge >= 0.3 is 20.7 Å². The Kier molecular flexibility index (Phi) is 5.22. The van der Waals surface area contributed by atoms with E-state index in [0.29, 0.717) is 12.8 Å². The summed E-state index contributed by atoms with van der Waals surface area (Å²) in [5.41, 5.74) is 0. The lowest BCUT2D eigenvalue weighted by Crippen LogP contribution is -2.12. The van der Waals surface area contributed by atoms with Gasteiger partial charge in [0.2, 0.25) is 0 Å². The van der Waals surface area contributed by atoms with Crippen LogP contribution in [0.1, 0.15) is 38.5 Å². The second-order valence-corrected chi connectivity index (χ2v) is 7.61. The van der Waals surface area contributed by atoms with Gasteiger partial charge in [-0.05, 0) is 12.8 Å². The van der Waals surface area contributed by atoms with Crippen LogP contribution in [0.2, 0.25) is 0 Å². The van der Waals surface area contributed by atoms with Crippen molar-refractivity contribution >= 4 is 20.7 Å². The fourth-order valence-electron chi connectivity index (χ4n) is 1.88. The minimum atomic E-state index is -4.93. The first-order valence-electron chi connectivity index (χ1n) is 5.43. The Morgan fingerprint density at radius 1 is 1.06 bits per heavy atom. The van der Waals surface area contributed by atoms with Crippen molar-refractivity contribution in [3.63, 3.8) is 0 Å². The van der Waals surface area contributed by atoms with Crippen molar-refractivity contribution in [1.82, 2.24) is 0 Å². The number of hydrogen-bond acceptors (Lipinski definition) is 5. The average molecular weight is 286 g/mol. The van der Waals surface area contributed by atoms with Crippen LogP contribution in [0, 0.1) is 0 Å². The summed E-state index contributed by atoms with van der Waals surface area (Å²) in [6, 6.07) is -0.356. The molecule has 1 rings (SSSR count). The molecule has 0 amide bonds. The smallest absolute Gasteiger partial charge is 0.317 e. The number of rotatable bonds is 3. The Morgan fingerprint density at radius 2 is 1.53 bits per heavy atom. The molecule has 0 saturated heterocycles. The van der Waals surface area contributed by atoms with Gasteiger partial charge in [0, 0.05) is 0 Å². The van der Waals surface area contributed by atoms with Crippen LogP contribution in [0.25, 0.3) is 0 Å². The first-order valence-corrected chi connectivity index (χ1v) is 8.69.